The van der Waals surface area contributed by atoms with Crippen molar-refractivity contribution in [2.45, 2.75) is 0 Å². The van der Waals surface area contributed by atoms with Gasteiger partial charge >= 0.3 is 0 Å². The number of anilines is 3. The van der Waals surface area contributed by atoms with Gasteiger partial charge in [-0.15, -0.1) is 0 Å². The van der Waals surface area contributed by atoms with Crippen molar-refractivity contribution in [2.24, 2.45) is 0 Å². The Morgan fingerprint density at radius 3 is 2.11 bits per heavy atom. The standard InChI is InChI=1S/C13H10Cl2N2O/c14-9-4-3-5-10(15)13(9)17-12-7-2-1-6-11(12)16-8-18/h1-8,17H,(H,16,18). The van der Waals surface area contributed by atoms with E-state index < -0.39 is 0 Å². The predicted octanol–water partition coefficient (Wildman–Crippen LogP) is 4.31. The highest BCUT2D eigenvalue weighted by molar-refractivity contribution is 6.39. The predicted molar refractivity (Wildman–Crippen MR) is 75.9 cm³/mol. The second kappa shape index (κ2) is 5.76. The first-order valence-electron chi connectivity index (χ1n) is 5.22. The minimum absolute atomic E-state index is 0.517. The monoisotopic (exact) mass is 280 g/mol. The summed E-state index contributed by atoms with van der Waals surface area (Å²) in [5.41, 5.74) is 1.99. The van der Waals surface area contributed by atoms with Crippen LogP contribution in [0.15, 0.2) is 42.5 Å². The Labute approximate surface area is 115 Å². The van der Waals surface area contributed by atoms with Crippen LogP contribution in [0.25, 0.3) is 0 Å². The maximum atomic E-state index is 10.5. The number of hydrogen-bond donors (Lipinski definition) is 2. The molecule has 0 bridgehead atoms. The molecule has 18 heavy (non-hydrogen) atoms. The van der Waals surface area contributed by atoms with Crippen molar-refractivity contribution >= 4 is 46.7 Å². The van der Waals surface area contributed by atoms with Gasteiger partial charge in [-0.2, -0.15) is 0 Å². The van der Waals surface area contributed by atoms with Gasteiger partial charge in [-0.25, -0.2) is 0 Å². The van der Waals surface area contributed by atoms with E-state index in [9.17, 15) is 4.79 Å². The molecule has 0 aromatic heterocycles. The summed E-state index contributed by atoms with van der Waals surface area (Å²) < 4.78 is 0. The first-order chi connectivity index (χ1) is 8.72. The number of nitrogens with one attached hydrogen (secondary N) is 2. The van der Waals surface area contributed by atoms with Crippen LogP contribution in [0.2, 0.25) is 10.0 Å². The summed E-state index contributed by atoms with van der Waals surface area (Å²) in [5.74, 6) is 0. The van der Waals surface area contributed by atoms with Gasteiger partial charge in [0, 0.05) is 0 Å². The van der Waals surface area contributed by atoms with Crippen LogP contribution in [0.5, 0.6) is 0 Å². The van der Waals surface area contributed by atoms with Crippen LogP contribution in [0.3, 0.4) is 0 Å². The fourth-order valence-electron chi connectivity index (χ4n) is 1.53. The van der Waals surface area contributed by atoms with Gasteiger partial charge in [-0.3, -0.25) is 4.79 Å². The number of carbonyl (C=O) groups is 1. The average Bonchev–Trinajstić information content (AvgIpc) is 2.36. The van der Waals surface area contributed by atoms with Crippen LogP contribution in [-0.4, -0.2) is 6.41 Å². The second-order valence-corrected chi connectivity index (χ2v) is 4.34. The van der Waals surface area contributed by atoms with Crippen LogP contribution < -0.4 is 10.6 Å². The molecule has 0 spiro atoms. The zero-order valence-electron chi connectivity index (χ0n) is 9.28. The van der Waals surface area contributed by atoms with Gasteiger partial charge in [0.05, 0.1) is 27.1 Å². The summed E-state index contributed by atoms with van der Waals surface area (Å²) in [7, 11) is 0. The van der Waals surface area contributed by atoms with Crippen LogP contribution in [0, 0.1) is 0 Å². The van der Waals surface area contributed by atoms with E-state index in [0.29, 0.717) is 27.8 Å². The number of para-hydroxylation sites is 3. The summed E-state index contributed by atoms with van der Waals surface area (Å²) >= 11 is 12.1. The highest BCUT2D eigenvalue weighted by Crippen LogP contribution is 2.34. The Morgan fingerprint density at radius 1 is 0.889 bits per heavy atom. The summed E-state index contributed by atoms with van der Waals surface area (Å²) in [6.45, 7) is 0. The third-order valence-electron chi connectivity index (χ3n) is 2.36. The van der Waals surface area contributed by atoms with E-state index in [-0.39, 0.29) is 0 Å². The Bertz CT molecular complexity index is 552. The van der Waals surface area contributed by atoms with Gasteiger partial charge in [0.1, 0.15) is 0 Å². The molecule has 0 aliphatic heterocycles. The van der Waals surface area contributed by atoms with Crippen molar-refractivity contribution in [3.05, 3.63) is 52.5 Å². The SMILES string of the molecule is O=CNc1ccccc1Nc1c(Cl)cccc1Cl. The molecule has 0 unspecified atom stereocenters. The van der Waals surface area contributed by atoms with Gasteiger partial charge in [0.15, 0.2) is 0 Å². The highest BCUT2D eigenvalue weighted by Gasteiger charge is 2.07. The number of carbonyl (C=O) groups excluding carboxylic acids is 1. The van der Waals surface area contributed by atoms with Gasteiger partial charge in [-0.1, -0.05) is 41.4 Å². The van der Waals surface area contributed by atoms with E-state index in [2.05, 4.69) is 10.6 Å². The molecule has 92 valence electrons. The number of rotatable bonds is 4. The highest BCUT2D eigenvalue weighted by atomic mass is 35.5. The minimum Gasteiger partial charge on any atom is -0.351 e. The van der Waals surface area contributed by atoms with E-state index in [1.54, 1.807) is 24.3 Å². The molecule has 3 nitrogen and oxygen atoms in total. The molecule has 0 aliphatic rings. The molecule has 0 saturated heterocycles. The Morgan fingerprint density at radius 2 is 1.50 bits per heavy atom. The second-order valence-electron chi connectivity index (χ2n) is 3.53. The first-order valence-corrected chi connectivity index (χ1v) is 5.98. The smallest absolute Gasteiger partial charge is 0.211 e. The first kappa shape index (κ1) is 12.7. The van der Waals surface area contributed by atoms with Crippen LogP contribution in [-0.2, 0) is 4.79 Å². The fraction of sp³-hybridized carbons (Fsp3) is 0. The Balaban J connectivity index is 2.37. The summed E-state index contributed by atoms with van der Waals surface area (Å²) in [6.07, 6.45) is 0.620. The molecule has 5 heteroatoms. The molecule has 0 heterocycles. The lowest BCUT2D eigenvalue weighted by Crippen LogP contribution is -2.00. The topological polar surface area (TPSA) is 41.1 Å². The lowest BCUT2D eigenvalue weighted by Gasteiger charge is -2.13. The van der Waals surface area contributed by atoms with Crippen molar-refractivity contribution < 1.29 is 4.79 Å². The average molecular weight is 281 g/mol. The number of benzene rings is 2. The van der Waals surface area contributed by atoms with Crippen LogP contribution >= 0.6 is 23.2 Å². The summed E-state index contributed by atoms with van der Waals surface area (Å²) in [4.78, 5) is 10.5. The molecule has 0 atom stereocenters. The van der Waals surface area contributed by atoms with E-state index in [1.165, 1.54) is 0 Å². The maximum absolute atomic E-state index is 10.5. The van der Waals surface area contributed by atoms with Crippen molar-refractivity contribution in [1.29, 1.82) is 0 Å². The molecule has 0 radical (unpaired) electrons. The molecule has 2 aromatic carbocycles. The lowest BCUT2D eigenvalue weighted by molar-refractivity contribution is -0.105. The van der Waals surface area contributed by atoms with E-state index >= 15 is 0 Å². The third-order valence-corrected chi connectivity index (χ3v) is 2.99. The molecular formula is C13H10Cl2N2O. The van der Waals surface area contributed by atoms with E-state index in [1.807, 2.05) is 18.2 Å². The lowest BCUT2D eigenvalue weighted by atomic mass is 10.2. The Hall–Kier alpha value is -1.71. The maximum Gasteiger partial charge on any atom is 0.211 e. The zero-order chi connectivity index (χ0) is 13.0. The summed E-state index contributed by atoms with van der Waals surface area (Å²) in [5, 5.41) is 6.75. The fourth-order valence-corrected chi connectivity index (χ4v) is 2.03. The molecule has 0 saturated carbocycles. The van der Waals surface area contributed by atoms with Crippen molar-refractivity contribution in [3.63, 3.8) is 0 Å². The minimum atomic E-state index is 0.517. The van der Waals surface area contributed by atoms with E-state index in [4.69, 9.17) is 23.2 Å². The molecule has 1 amide bonds. The number of hydrogen-bond acceptors (Lipinski definition) is 2. The molecule has 2 aromatic rings. The Kier molecular flexibility index (Phi) is 4.07. The van der Waals surface area contributed by atoms with Gasteiger partial charge in [0.25, 0.3) is 0 Å². The van der Waals surface area contributed by atoms with Crippen LogP contribution in [0.4, 0.5) is 17.1 Å². The quantitative estimate of drug-likeness (QED) is 0.820. The number of halogens is 2. The number of amides is 1. The van der Waals surface area contributed by atoms with Gasteiger partial charge in [0.2, 0.25) is 6.41 Å². The molecule has 2 N–H and O–H groups in total. The van der Waals surface area contributed by atoms with Crippen molar-refractivity contribution in [3.8, 4) is 0 Å². The normalized spacial score (nSPS) is 9.89. The zero-order valence-corrected chi connectivity index (χ0v) is 10.8. The van der Waals surface area contributed by atoms with Gasteiger partial charge in [-0.05, 0) is 24.3 Å². The molecule has 0 fully saturated rings. The van der Waals surface area contributed by atoms with Crippen molar-refractivity contribution in [2.75, 3.05) is 10.6 Å². The van der Waals surface area contributed by atoms with Gasteiger partial charge < -0.3 is 10.6 Å². The molecule has 0 aliphatic carbocycles. The summed E-state index contributed by atoms with van der Waals surface area (Å²) in [6, 6.07) is 12.5. The third kappa shape index (κ3) is 2.75. The van der Waals surface area contributed by atoms with Crippen LogP contribution in [0.1, 0.15) is 0 Å². The van der Waals surface area contributed by atoms with E-state index in [0.717, 1.165) is 5.69 Å². The molecule has 2 rings (SSSR count). The molecular weight excluding hydrogens is 271 g/mol. The largest absolute Gasteiger partial charge is 0.351 e. The van der Waals surface area contributed by atoms with Crippen molar-refractivity contribution in [1.82, 2.24) is 0 Å².